The van der Waals surface area contributed by atoms with Crippen molar-refractivity contribution in [1.29, 1.82) is 0 Å². The second kappa shape index (κ2) is 11.2. The Hall–Kier alpha value is -2.42. The van der Waals surface area contributed by atoms with Gasteiger partial charge in [-0.2, -0.15) is 0 Å². The van der Waals surface area contributed by atoms with Gasteiger partial charge in [0, 0.05) is 11.5 Å². The summed E-state index contributed by atoms with van der Waals surface area (Å²) in [6.07, 6.45) is 5.90. The maximum Gasteiger partial charge on any atom is 0.358 e. The Balaban J connectivity index is 0.000000251. The fraction of sp³-hybridized carbons (Fsp3) is 0.375. The summed E-state index contributed by atoms with van der Waals surface area (Å²) in [7, 11) is 0. The molecule has 0 N–H and O–H groups in total. The van der Waals surface area contributed by atoms with Crippen molar-refractivity contribution in [3.8, 4) is 0 Å². The molecule has 9 heteroatoms. The highest BCUT2D eigenvalue weighted by Crippen LogP contribution is 2.01. The third kappa shape index (κ3) is 7.34. The lowest BCUT2D eigenvalue weighted by molar-refractivity contribution is 0.0509. The highest BCUT2D eigenvalue weighted by molar-refractivity contribution is 9.08. The maximum absolute atomic E-state index is 11.1. The number of ether oxygens (including phenoxy) is 2. The third-order valence-corrected chi connectivity index (χ3v) is 3.17. The van der Waals surface area contributed by atoms with Crippen LogP contribution in [0.4, 0.5) is 0 Å². The Kier molecular flexibility index (Phi) is 9.23. The van der Waals surface area contributed by atoms with E-state index in [2.05, 4.69) is 35.9 Å². The molecule has 0 spiro atoms. The average Bonchev–Trinajstić information content (AvgIpc) is 2.63. The topological polar surface area (TPSA) is 104 Å². The maximum atomic E-state index is 11.1. The van der Waals surface area contributed by atoms with Gasteiger partial charge in [0.15, 0.2) is 11.4 Å². The summed E-state index contributed by atoms with van der Waals surface area (Å²) in [6.45, 7) is 6.01. The molecule has 2 rings (SSSR count). The largest absolute Gasteiger partial charge is 0.461 e. The van der Waals surface area contributed by atoms with Gasteiger partial charge in [0.1, 0.15) is 0 Å². The van der Waals surface area contributed by atoms with E-state index < -0.39 is 11.9 Å². The van der Waals surface area contributed by atoms with Gasteiger partial charge in [-0.05, 0) is 20.8 Å². The molecule has 134 valence electrons. The van der Waals surface area contributed by atoms with Gasteiger partial charge < -0.3 is 9.47 Å². The zero-order chi connectivity index (χ0) is 18.7. The van der Waals surface area contributed by atoms with Gasteiger partial charge in [-0.1, -0.05) is 15.9 Å². The van der Waals surface area contributed by atoms with Crippen LogP contribution in [0.3, 0.4) is 0 Å². The number of carbonyl (C=O) groups excluding carboxylic acids is 2. The quantitative estimate of drug-likeness (QED) is 0.546. The van der Waals surface area contributed by atoms with E-state index in [-0.39, 0.29) is 11.4 Å². The second-order valence-corrected chi connectivity index (χ2v) is 5.07. The van der Waals surface area contributed by atoms with Crippen LogP contribution >= 0.6 is 15.9 Å². The van der Waals surface area contributed by atoms with E-state index >= 15 is 0 Å². The molecule has 0 aromatic carbocycles. The molecule has 0 aliphatic carbocycles. The molecule has 0 bridgehead atoms. The summed E-state index contributed by atoms with van der Waals surface area (Å²) in [5, 5.41) is 0.628. The Morgan fingerprint density at radius 2 is 1.40 bits per heavy atom. The number of alkyl halides is 1. The lowest BCUT2D eigenvalue weighted by Crippen LogP contribution is -2.07. The number of rotatable bonds is 5. The zero-order valence-corrected chi connectivity index (χ0v) is 15.8. The summed E-state index contributed by atoms with van der Waals surface area (Å²) in [4.78, 5) is 37.8. The molecule has 0 atom stereocenters. The number of esters is 2. The Bertz CT molecular complexity index is 678. The van der Waals surface area contributed by atoms with Crippen LogP contribution in [-0.2, 0) is 14.8 Å². The van der Waals surface area contributed by atoms with Crippen molar-refractivity contribution < 1.29 is 19.1 Å². The standard InChI is InChI=1S/C8H9BrN2O2.C8H10N2O2/c1-2-13-8(12)7-5-10-6(3-9)4-11-7;1-3-12-8(11)7-5-9-6(2)4-10-7/h4-5H,2-3H2,1H3;4-5H,3H2,1-2H3. The fourth-order valence-electron chi connectivity index (χ4n) is 1.44. The molecule has 2 aromatic heterocycles. The van der Waals surface area contributed by atoms with Crippen LogP contribution in [0.15, 0.2) is 24.8 Å². The van der Waals surface area contributed by atoms with Gasteiger partial charge in [0.2, 0.25) is 0 Å². The van der Waals surface area contributed by atoms with Crippen LogP contribution in [0.1, 0.15) is 46.2 Å². The number of aromatic nitrogens is 4. The van der Waals surface area contributed by atoms with Crippen molar-refractivity contribution in [3.05, 3.63) is 47.6 Å². The van der Waals surface area contributed by atoms with E-state index in [1.165, 1.54) is 18.6 Å². The fourth-order valence-corrected chi connectivity index (χ4v) is 1.73. The van der Waals surface area contributed by atoms with E-state index in [9.17, 15) is 9.59 Å². The molecule has 8 nitrogen and oxygen atoms in total. The van der Waals surface area contributed by atoms with Crippen molar-refractivity contribution in [2.24, 2.45) is 0 Å². The average molecular weight is 411 g/mol. The summed E-state index contributed by atoms with van der Waals surface area (Å²) >= 11 is 3.23. The molecular formula is C16H19BrN4O4. The van der Waals surface area contributed by atoms with E-state index in [0.717, 1.165) is 11.4 Å². The van der Waals surface area contributed by atoms with Crippen LogP contribution in [-0.4, -0.2) is 45.1 Å². The zero-order valence-electron chi connectivity index (χ0n) is 14.2. The molecule has 2 heterocycles. The van der Waals surface area contributed by atoms with E-state index in [1.807, 2.05) is 6.92 Å². The molecule has 0 fully saturated rings. The molecule has 0 aliphatic rings. The SMILES string of the molecule is CCOC(=O)c1cnc(C)cn1.CCOC(=O)c1cnc(CBr)cn1. The summed E-state index contributed by atoms with van der Waals surface area (Å²) in [5.74, 6) is -0.860. The van der Waals surface area contributed by atoms with Crippen molar-refractivity contribution in [1.82, 2.24) is 19.9 Å². The first-order valence-corrected chi connectivity index (χ1v) is 8.63. The summed E-state index contributed by atoms with van der Waals surface area (Å²) in [6, 6.07) is 0. The number of carbonyl (C=O) groups is 2. The minimum absolute atomic E-state index is 0.242. The molecule has 0 unspecified atom stereocenters. The van der Waals surface area contributed by atoms with E-state index in [1.54, 1.807) is 20.0 Å². The normalized spacial score (nSPS) is 9.60. The van der Waals surface area contributed by atoms with Gasteiger partial charge in [0.05, 0.1) is 43.2 Å². The number of halogens is 1. The first-order valence-electron chi connectivity index (χ1n) is 7.51. The Morgan fingerprint density at radius 3 is 1.76 bits per heavy atom. The number of hydrogen-bond acceptors (Lipinski definition) is 8. The van der Waals surface area contributed by atoms with Crippen LogP contribution in [0, 0.1) is 6.92 Å². The number of hydrogen-bond donors (Lipinski definition) is 0. The third-order valence-electron chi connectivity index (χ3n) is 2.59. The predicted octanol–water partition coefficient (Wildman–Crippen LogP) is 2.51. The van der Waals surface area contributed by atoms with Crippen LogP contribution in [0.25, 0.3) is 0 Å². The summed E-state index contributed by atoms with van der Waals surface area (Å²) < 4.78 is 9.47. The van der Waals surface area contributed by atoms with Gasteiger partial charge >= 0.3 is 11.9 Å². The molecule has 25 heavy (non-hydrogen) atoms. The lowest BCUT2D eigenvalue weighted by atomic mass is 10.4. The predicted molar refractivity (Wildman–Crippen MR) is 93.3 cm³/mol. The minimum atomic E-state index is -0.434. The van der Waals surface area contributed by atoms with Crippen LogP contribution < -0.4 is 0 Å². The molecule has 0 amide bonds. The highest BCUT2D eigenvalue weighted by atomic mass is 79.9. The van der Waals surface area contributed by atoms with Crippen molar-refractivity contribution in [2.75, 3.05) is 13.2 Å². The van der Waals surface area contributed by atoms with E-state index in [0.29, 0.717) is 18.5 Å². The van der Waals surface area contributed by atoms with Crippen molar-refractivity contribution in [3.63, 3.8) is 0 Å². The minimum Gasteiger partial charge on any atom is -0.461 e. The van der Waals surface area contributed by atoms with Gasteiger partial charge in [-0.3, -0.25) is 9.97 Å². The molecular weight excluding hydrogens is 392 g/mol. The Labute approximate surface area is 154 Å². The lowest BCUT2D eigenvalue weighted by Gasteiger charge is -2.00. The van der Waals surface area contributed by atoms with Gasteiger partial charge in [-0.15, -0.1) is 0 Å². The highest BCUT2D eigenvalue weighted by Gasteiger charge is 2.08. The second-order valence-electron chi connectivity index (χ2n) is 4.51. The number of aryl methyl sites for hydroxylation is 1. The van der Waals surface area contributed by atoms with Crippen LogP contribution in [0.2, 0.25) is 0 Å². The molecule has 0 saturated carbocycles. The molecule has 0 saturated heterocycles. The van der Waals surface area contributed by atoms with E-state index in [4.69, 9.17) is 9.47 Å². The molecule has 0 aliphatic heterocycles. The first-order chi connectivity index (χ1) is 12.0. The molecule has 2 aromatic rings. The van der Waals surface area contributed by atoms with Crippen molar-refractivity contribution >= 4 is 27.9 Å². The summed E-state index contributed by atoms with van der Waals surface area (Å²) in [5.41, 5.74) is 2.06. The monoisotopic (exact) mass is 410 g/mol. The molecule has 0 radical (unpaired) electrons. The smallest absolute Gasteiger partial charge is 0.358 e. The van der Waals surface area contributed by atoms with Gasteiger partial charge in [0.25, 0.3) is 0 Å². The van der Waals surface area contributed by atoms with Gasteiger partial charge in [-0.25, -0.2) is 19.6 Å². The first kappa shape index (κ1) is 20.6. The van der Waals surface area contributed by atoms with Crippen molar-refractivity contribution in [2.45, 2.75) is 26.1 Å². The van der Waals surface area contributed by atoms with Crippen LogP contribution in [0.5, 0.6) is 0 Å². The Morgan fingerprint density at radius 1 is 0.880 bits per heavy atom. The number of nitrogens with zero attached hydrogens (tertiary/aromatic N) is 4.